The molecule has 2 aromatic carbocycles. The number of hydrogen-bond acceptors (Lipinski definition) is 5. The molecule has 0 bridgehead atoms. The first-order valence-corrected chi connectivity index (χ1v) is 11.2. The number of aryl methyl sites for hydroxylation is 3. The molecule has 2 amide bonds. The van der Waals surface area contributed by atoms with Gasteiger partial charge in [-0.1, -0.05) is 41.6 Å². The molecule has 0 unspecified atom stereocenters. The Hall–Kier alpha value is -3.20. The van der Waals surface area contributed by atoms with E-state index in [2.05, 4.69) is 20.8 Å². The summed E-state index contributed by atoms with van der Waals surface area (Å²) in [6.07, 6.45) is 0. The number of nitrogens with zero attached hydrogens (tertiary/aromatic N) is 3. The van der Waals surface area contributed by atoms with E-state index in [-0.39, 0.29) is 23.8 Å². The Balaban J connectivity index is 1.61. The van der Waals surface area contributed by atoms with E-state index < -0.39 is 11.7 Å². The molecule has 0 aliphatic rings. The summed E-state index contributed by atoms with van der Waals surface area (Å²) in [6.45, 7) is 8.56. The maximum Gasteiger partial charge on any atom is 0.254 e. The summed E-state index contributed by atoms with van der Waals surface area (Å²) in [7, 11) is 0. The minimum Gasteiger partial charge on any atom is -0.345 e. The lowest BCUT2D eigenvalue weighted by Gasteiger charge is -2.13. The molecule has 0 atom stereocenters. The van der Waals surface area contributed by atoms with Crippen LogP contribution in [0.5, 0.6) is 0 Å². The Labute approximate surface area is 190 Å². The van der Waals surface area contributed by atoms with E-state index in [1.807, 2.05) is 44.4 Å². The Morgan fingerprint density at radius 3 is 2.44 bits per heavy atom. The molecule has 0 spiro atoms. The van der Waals surface area contributed by atoms with Gasteiger partial charge in [-0.15, -0.1) is 10.2 Å². The number of carbonyl (C=O) groups excluding carboxylic acids is 2. The number of thioether (sulfide) groups is 1. The van der Waals surface area contributed by atoms with Gasteiger partial charge in [0.1, 0.15) is 5.82 Å². The van der Waals surface area contributed by atoms with Gasteiger partial charge in [0.2, 0.25) is 5.91 Å². The molecule has 3 aromatic rings. The van der Waals surface area contributed by atoms with Crippen LogP contribution in [0, 0.1) is 26.6 Å². The highest BCUT2D eigenvalue weighted by atomic mass is 32.2. The third-order valence-electron chi connectivity index (χ3n) is 4.91. The smallest absolute Gasteiger partial charge is 0.254 e. The summed E-state index contributed by atoms with van der Waals surface area (Å²) in [5.74, 6) is -0.531. The number of hydrogen-bond donors (Lipinski definition) is 2. The second kappa shape index (κ2) is 10.4. The molecule has 2 N–H and O–H groups in total. The van der Waals surface area contributed by atoms with Crippen molar-refractivity contribution in [1.29, 1.82) is 0 Å². The molecule has 168 valence electrons. The monoisotopic (exact) mass is 455 g/mol. The number of aromatic nitrogens is 3. The van der Waals surface area contributed by atoms with Gasteiger partial charge in [0.25, 0.3) is 5.91 Å². The highest BCUT2D eigenvalue weighted by Gasteiger charge is 2.16. The summed E-state index contributed by atoms with van der Waals surface area (Å²) in [4.78, 5) is 24.7. The molecule has 0 saturated heterocycles. The molecule has 32 heavy (non-hydrogen) atoms. The molecule has 0 saturated carbocycles. The summed E-state index contributed by atoms with van der Waals surface area (Å²) in [5.41, 5.74) is 3.99. The molecule has 0 aliphatic carbocycles. The zero-order chi connectivity index (χ0) is 23.3. The zero-order valence-corrected chi connectivity index (χ0v) is 19.3. The number of amides is 2. The molecule has 0 fully saturated rings. The molecule has 0 radical (unpaired) electrons. The largest absolute Gasteiger partial charge is 0.345 e. The SMILES string of the molecule is CCn1c(CNC(=O)c2ccccc2F)nnc1SCC(=O)Nc1c(C)cc(C)cc1C. The maximum absolute atomic E-state index is 13.8. The van der Waals surface area contributed by atoms with Crippen molar-refractivity contribution in [1.82, 2.24) is 20.1 Å². The Kier molecular flexibility index (Phi) is 7.63. The Morgan fingerprint density at radius 2 is 1.78 bits per heavy atom. The van der Waals surface area contributed by atoms with E-state index in [0.29, 0.717) is 17.5 Å². The first-order valence-electron chi connectivity index (χ1n) is 10.3. The third-order valence-corrected chi connectivity index (χ3v) is 5.88. The average Bonchev–Trinajstić information content (AvgIpc) is 3.15. The van der Waals surface area contributed by atoms with Crippen molar-refractivity contribution in [3.8, 4) is 0 Å². The van der Waals surface area contributed by atoms with E-state index in [1.54, 1.807) is 6.07 Å². The zero-order valence-electron chi connectivity index (χ0n) is 18.5. The molecule has 9 heteroatoms. The van der Waals surface area contributed by atoms with Gasteiger partial charge < -0.3 is 15.2 Å². The van der Waals surface area contributed by atoms with Gasteiger partial charge in [0, 0.05) is 12.2 Å². The van der Waals surface area contributed by atoms with E-state index in [1.165, 1.54) is 30.0 Å². The fraction of sp³-hybridized carbons (Fsp3) is 0.304. The van der Waals surface area contributed by atoms with E-state index >= 15 is 0 Å². The first kappa shape index (κ1) is 23.5. The van der Waals surface area contributed by atoms with Gasteiger partial charge in [0.05, 0.1) is 17.9 Å². The van der Waals surface area contributed by atoms with Crippen LogP contribution in [0.1, 0.15) is 39.8 Å². The van der Waals surface area contributed by atoms with Crippen LogP contribution >= 0.6 is 11.8 Å². The summed E-state index contributed by atoms with van der Waals surface area (Å²) in [5, 5.41) is 14.5. The lowest BCUT2D eigenvalue weighted by molar-refractivity contribution is -0.113. The third kappa shape index (κ3) is 5.53. The second-order valence-electron chi connectivity index (χ2n) is 7.42. The second-order valence-corrected chi connectivity index (χ2v) is 8.36. The molecule has 0 aliphatic heterocycles. The number of rotatable bonds is 8. The Bertz CT molecular complexity index is 1120. The van der Waals surface area contributed by atoms with Crippen LogP contribution in [0.3, 0.4) is 0 Å². The van der Waals surface area contributed by atoms with Crippen molar-refractivity contribution in [2.45, 2.75) is 45.9 Å². The van der Waals surface area contributed by atoms with Crippen molar-refractivity contribution in [3.63, 3.8) is 0 Å². The van der Waals surface area contributed by atoms with Crippen LogP contribution in [-0.2, 0) is 17.9 Å². The van der Waals surface area contributed by atoms with Crippen molar-refractivity contribution in [2.75, 3.05) is 11.1 Å². The van der Waals surface area contributed by atoms with E-state index in [0.717, 1.165) is 22.4 Å². The van der Waals surface area contributed by atoms with Crippen LogP contribution < -0.4 is 10.6 Å². The molecular weight excluding hydrogens is 429 g/mol. The van der Waals surface area contributed by atoms with Crippen LogP contribution in [-0.4, -0.2) is 32.3 Å². The maximum atomic E-state index is 13.8. The summed E-state index contributed by atoms with van der Waals surface area (Å²) in [6, 6.07) is 9.86. The minimum absolute atomic E-state index is 0.0250. The first-order chi connectivity index (χ1) is 15.3. The predicted molar refractivity (Wildman–Crippen MR) is 123 cm³/mol. The molecule has 1 heterocycles. The van der Waals surface area contributed by atoms with Crippen LogP contribution in [0.2, 0.25) is 0 Å². The summed E-state index contributed by atoms with van der Waals surface area (Å²) < 4.78 is 15.6. The van der Waals surface area contributed by atoms with Crippen LogP contribution in [0.25, 0.3) is 0 Å². The molecule has 1 aromatic heterocycles. The number of halogens is 1. The van der Waals surface area contributed by atoms with Gasteiger partial charge in [0.15, 0.2) is 11.0 Å². The topological polar surface area (TPSA) is 88.9 Å². The molecule has 3 rings (SSSR count). The standard InChI is InChI=1S/C23H26FN5O2S/c1-5-29-19(12-25-22(31)17-8-6-7-9-18(17)24)27-28-23(29)32-13-20(30)26-21-15(3)10-14(2)11-16(21)4/h6-11H,5,12-13H2,1-4H3,(H,25,31)(H,26,30). The number of anilines is 1. The van der Waals surface area contributed by atoms with Gasteiger partial charge in [-0.05, 0) is 51.0 Å². The number of benzene rings is 2. The van der Waals surface area contributed by atoms with Crippen molar-refractivity contribution < 1.29 is 14.0 Å². The number of carbonyl (C=O) groups is 2. The fourth-order valence-corrected chi connectivity index (χ4v) is 4.28. The van der Waals surface area contributed by atoms with Crippen molar-refractivity contribution >= 4 is 29.3 Å². The lowest BCUT2D eigenvalue weighted by Crippen LogP contribution is -2.25. The predicted octanol–water partition coefficient (Wildman–Crippen LogP) is 4.02. The highest BCUT2D eigenvalue weighted by molar-refractivity contribution is 7.99. The normalized spacial score (nSPS) is 10.8. The van der Waals surface area contributed by atoms with Gasteiger partial charge in [-0.3, -0.25) is 9.59 Å². The quantitative estimate of drug-likeness (QED) is 0.501. The van der Waals surface area contributed by atoms with Gasteiger partial charge >= 0.3 is 0 Å². The highest BCUT2D eigenvalue weighted by Crippen LogP contribution is 2.23. The average molecular weight is 456 g/mol. The van der Waals surface area contributed by atoms with Crippen molar-refractivity contribution in [2.24, 2.45) is 0 Å². The Morgan fingerprint density at radius 1 is 1.09 bits per heavy atom. The van der Waals surface area contributed by atoms with E-state index in [9.17, 15) is 14.0 Å². The van der Waals surface area contributed by atoms with E-state index in [4.69, 9.17) is 0 Å². The van der Waals surface area contributed by atoms with Crippen LogP contribution in [0.4, 0.5) is 10.1 Å². The van der Waals surface area contributed by atoms with Gasteiger partial charge in [-0.2, -0.15) is 0 Å². The molecular formula is C23H26FN5O2S. The van der Waals surface area contributed by atoms with Crippen LogP contribution in [0.15, 0.2) is 41.6 Å². The number of nitrogens with one attached hydrogen (secondary N) is 2. The summed E-state index contributed by atoms with van der Waals surface area (Å²) >= 11 is 1.27. The van der Waals surface area contributed by atoms with Gasteiger partial charge in [-0.25, -0.2) is 4.39 Å². The van der Waals surface area contributed by atoms with Crippen molar-refractivity contribution in [3.05, 3.63) is 70.3 Å². The minimum atomic E-state index is -0.580. The fourth-order valence-electron chi connectivity index (χ4n) is 3.46. The lowest BCUT2D eigenvalue weighted by atomic mass is 10.1. The molecule has 7 nitrogen and oxygen atoms in total.